The van der Waals surface area contributed by atoms with Crippen LogP contribution in [0.5, 0.6) is 17.2 Å². The number of halogens is 2. The second kappa shape index (κ2) is 10.2. The van der Waals surface area contributed by atoms with Crippen molar-refractivity contribution in [3.8, 4) is 17.2 Å². The molecule has 2 N–H and O–H groups in total. The van der Waals surface area contributed by atoms with Gasteiger partial charge in [-0.3, -0.25) is 4.79 Å². The van der Waals surface area contributed by atoms with Gasteiger partial charge in [-0.25, -0.2) is 13.2 Å². The molecule has 0 radical (unpaired) electrons. The highest BCUT2D eigenvalue weighted by molar-refractivity contribution is 7.89. The Morgan fingerprint density at radius 2 is 1.63 bits per heavy atom. The van der Waals surface area contributed by atoms with Crippen LogP contribution >= 0.6 is 23.2 Å². The van der Waals surface area contributed by atoms with Crippen LogP contribution in [-0.2, 0) is 14.8 Å². The number of hydrogen-bond donors (Lipinski definition) is 2. The first-order valence-corrected chi connectivity index (χ1v) is 13.3. The SMILES string of the molecule is O=C(O)[C@H]1CCCN1C(=O)c1cc(Cl)c(Oc2ccc(O)c(S(=O)(=O)N3CCCCC3)c2)c(Cl)c1. The van der Waals surface area contributed by atoms with Crippen LogP contribution in [0.3, 0.4) is 0 Å². The Hall–Kier alpha value is -2.53. The van der Waals surface area contributed by atoms with E-state index >= 15 is 0 Å². The van der Waals surface area contributed by atoms with Crippen LogP contribution < -0.4 is 4.74 Å². The van der Waals surface area contributed by atoms with Crippen molar-refractivity contribution in [2.75, 3.05) is 19.6 Å². The quantitative estimate of drug-likeness (QED) is 0.555. The summed E-state index contributed by atoms with van der Waals surface area (Å²) in [4.78, 5) is 25.3. The van der Waals surface area contributed by atoms with Crippen molar-refractivity contribution in [2.45, 2.75) is 43.0 Å². The van der Waals surface area contributed by atoms with Crippen LogP contribution in [0.25, 0.3) is 0 Å². The summed E-state index contributed by atoms with van der Waals surface area (Å²) in [6, 6.07) is 5.53. The molecular formula is C23H24Cl2N2O7S. The van der Waals surface area contributed by atoms with Crippen LogP contribution in [0.15, 0.2) is 35.2 Å². The first-order valence-electron chi connectivity index (χ1n) is 11.1. The minimum atomic E-state index is -3.93. The standard InChI is InChI=1S/C23H24Cl2N2O7S/c24-16-11-14(22(29)27-10-4-5-18(27)23(30)31)12-17(25)21(16)34-15-6-7-19(28)20(13-15)35(32,33)26-8-2-1-3-9-26/h6-7,11-13,18,28H,1-5,8-10H2,(H,30,31)/t18-/m1/s1. The van der Waals surface area contributed by atoms with Gasteiger partial charge in [0.25, 0.3) is 5.91 Å². The van der Waals surface area contributed by atoms with Crippen molar-refractivity contribution in [1.29, 1.82) is 0 Å². The van der Waals surface area contributed by atoms with E-state index in [0.29, 0.717) is 32.5 Å². The monoisotopic (exact) mass is 542 g/mol. The number of amides is 1. The predicted octanol–water partition coefficient (Wildman–Crippen LogP) is 4.36. The second-order valence-corrected chi connectivity index (χ2v) is 11.2. The lowest BCUT2D eigenvalue weighted by atomic mass is 10.1. The highest BCUT2D eigenvalue weighted by Crippen LogP contribution is 2.40. The van der Waals surface area contributed by atoms with Crippen LogP contribution in [0, 0.1) is 0 Å². The van der Waals surface area contributed by atoms with E-state index in [2.05, 4.69) is 0 Å². The molecule has 2 aliphatic heterocycles. The zero-order valence-corrected chi connectivity index (χ0v) is 20.9. The number of aliphatic carboxylic acids is 1. The topological polar surface area (TPSA) is 124 Å². The summed E-state index contributed by atoms with van der Waals surface area (Å²) in [5.74, 6) is -1.92. The molecule has 1 amide bonds. The first kappa shape index (κ1) is 25.6. The van der Waals surface area contributed by atoms with Gasteiger partial charge in [0.15, 0.2) is 5.75 Å². The lowest BCUT2D eigenvalue weighted by Gasteiger charge is -2.26. The smallest absolute Gasteiger partial charge is 0.326 e. The second-order valence-electron chi connectivity index (χ2n) is 8.46. The number of hydrogen-bond acceptors (Lipinski definition) is 6. The van der Waals surface area contributed by atoms with E-state index in [1.165, 1.54) is 39.5 Å². The van der Waals surface area contributed by atoms with Gasteiger partial charge in [0.05, 0.1) is 10.0 Å². The molecule has 0 unspecified atom stereocenters. The van der Waals surface area contributed by atoms with Crippen LogP contribution in [0.4, 0.5) is 0 Å². The molecule has 2 aliphatic rings. The maximum atomic E-state index is 13.0. The number of sulfonamides is 1. The summed E-state index contributed by atoms with van der Waals surface area (Å²) >= 11 is 12.7. The zero-order valence-electron chi connectivity index (χ0n) is 18.6. The normalized spacial score (nSPS) is 19.0. The third kappa shape index (κ3) is 5.20. The molecule has 0 aliphatic carbocycles. The minimum absolute atomic E-state index is 0.00639. The van der Waals surface area contributed by atoms with Gasteiger partial charge < -0.3 is 19.8 Å². The molecule has 0 spiro atoms. The Balaban J connectivity index is 1.60. The van der Waals surface area contributed by atoms with Crippen LogP contribution in [0.2, 0.25) is 10.0 Å². The van der Waals surface area contributed by atoms with E-state index < -0.39 is 33.7 Å². The first-order chi connectivity index (χ1) is 16.6. The van der Waals surface area contributed by atoms with Crippen LogP contribution in [-0.4, -0.2) is 65.4 Å². The molecule has 9 nitrogen and oxygen atoms in total. The molecule has 12 heteroatoms. The number of phenolic OH excluding ortho intramolecular Hbond substituents is 1. The molecule has 2 aromatic carbocycles. The Labute approximate surface area is 212 Å². The van der Waals surface area contributed by atoms with Crippen molar-refractivity contribution in [1.82, 2.24) is 9.21 Å². The van der Waals surface area contributed by atoms with Crippen molar-refractivity contribution < 1.29 is 33.0 Å². The van der Waals surface area contributed by atoms with E-state index in [1.54, 1.807) is 0 Å². The number of ether oxygens (including phenoxy) is 1. The average molecular weight is 543 g/mol. The van der Waals surface area contributed by atoms with Gasteiger partial charge in [0, 0.05) is 31.3 Å². The fourth-order valence-corrected chi connectivity index (χ4v) is 6.52. The molecule has 4 rings (SSSR count). The lowest BCUT2D eigenvalue weighted by Crippen LogP contribution is -2.40. The number of rotatable bonds is 6. The average Bonchev–Trinajstić information content (AvgIpc) is 3.32. The minimum Gasteiger partial charge on any atom is -0.507 e. The molecule has 2 heterocycles. The van der Waals surface area contributed by atoms with Gasteiger partial charge in [0.1, 0.15) is 22.4 Å². The van der Waals surface area contributed by atoms with Crippen molar-refractivity contribution in [2.24, 2.45) is 0 Å². The summed E-state index contributed by atoms with van der Waals surface area (Å²) in [7, 11) is -3.93. The molecule has 0 saturated carbocycles. The van der Waals surface area contributed by atoms with Gasteiger partial charge in [-0.15, -0.1) is 0 Å². The maximum Gasteiger partial charge on any atom is 0.326 e. The summed E-state index contributed by atoms with van der Waals surface area (Å²) in [6.07, 6.45) is 3.39. The largest absolute Gasteiger partial charge is 0.507 e. The number of carboxylic acid groups (broad SMARTS) is 1. The van der Waals surface area contributed by atoms with Gasteiger partial charge in [-0.2, -0.15) is 4.31 Å². The number of carbonyl (C=O) groups excluding carboxylic acids is 1. The Morgan fingerprint density at radius 3 is 2.26 bits per heavy atom. The van der Waals surface area contributed by atoms with Gasteiger partial charge in [-0.1, -0.05) is 29.6 Å². The van der Waals surface area contributed by atoms with Gasteiger partial charge in [-0.05, 0) is 49.9 Å². The van der Waals surface area contributed by atoms with E-state index in [1.807, 2.05) is 0 Å². The maximum absolute atomic E-state index is 13.0. The number of benzene rings is 2. The number of nitrogens with zero attached hydrogens (tertiary/aromatic N) is 2. The van der Waals surface area contributed by atoms with Crippen molar-refractivity contribution in [3.05, 3.63) is 45.9 Å². The molecule has 188 valence electrons. The number of aromatic hydroxyl groups is 1. The Kier molecular flexibility index (Phi) is 7.46. The number of phenols is 1. The van der Waals surface area contributed by atoms with E-state index in [-0.39, 0.29) is 32.0 Å². The number of carboxylic acids is 1. The van der Waals surface area contributed by atoms with E-state index in [9.17, 15) is 28.2 Å². The van der Waals surface area contributed by atoms with Crippen LogP contribution in [0.1, 0.15) is 42.5 Å². The summed E-state index contributed by atoms with van der Waals surface area (Å²) in [5.41, 5.74) is 0.111. The lowest BCUT2D eigenvalue weighted by molar-refractivity contribution is -0.141. The van der Waals surface area contributed by atoms with E-state index in [0.717, 1.165) is 19.3 Å². The van der Waals surface area contributed by atoms with Gasteiger partial charge in [0.2, 0.25) is 10.0 Å². The summed E-state index contributed by atoms with van der Waals surface area (Å²) in [5, 5.41) is 19.6. The fourth-order valence-electron chi connectivity index (χ4n) is 4.34. The molecule has 1 atom stereocenters. The summed E-state index contributed by atoms with van der Waals surface area (Å²) in [6.45, 7) is 1.06. The highest BCUT2D eigenvalue weighted by Gasteiger charge is 2.35. The summed E-state index contributed by atoms with van der Waals surface area (Å²) < 4.78 is 33.2. The van der Waals surface area contributed by atoms with Gasteiger partial charge >= 0.3 is 5.97 Å². The Morgan fingerprint density at radius 1 is 0.971 bits per heavy atom. The molecule has 2 aromatic rings. The zero-order chi connectivity index (χ0) is 25.3. The third-order valence-corrected chi connectivity index (χ3v) is 8.62. The number of carbonyl (C=O) groups is 2. The predicted molar refractivity (Wildman–Crippen MR) is 129 cm³/mol. The molecule has 2 fully saturated rings. The van der Waals surface area contributed by atoms with Crippen molar-refractivity contribution >= 4 is 45.1 Å². The molecule has 35 heavy (non-hydrogen) atoms. The number of piperidine rings is 1. The third-order valence-electron chi connectivity index (χ3n) is 6.13. The van der Waals surface area contributed by atoms with Crippen molar-refractivity contribution in [3.63, 3.8) is 0 Å². The number of likely N-dealkylation sites (tertiary alicyclic amines) is 1. The highest BCUT2D eigenvalue weighted by atomic mass is 35.5. The molecule has 0 bridgehead atoms. The molecule has 0 aromatic heterocycles. The van der Waals surface area contributed by atoms with E-state index in [4.69, 9.17) is 27.9 Å². The molecule has 2 saturated heterocycles. The fraction of sp³-hybridized carbons (Fsp3) is 0.391. The molecular weight excluding hydrogens is 519 g/mol. The Bertz CT molecular complexity index is 1240.